The van der Waals surface area contributed by atoms with Gasteiger partial charge in [0.2, 0.25) is 0 Å². The Hall–Kier alpha value is -2.89. The van der Waals surface area contributed by atoms with E-state index in [0.29, 0.717) is 17.1 Å². The average molecular weight is 311 g/mol. The molecule has 0 spiro atoms. The highest BCUT2D eigenvalue weighted by Crippen LogP contribution is 2.31. The van der Waals surface area contributed by atoms with E-state index < -0.39 is 0 Å². The van der Waals surface area contributed by atoms with Crippen molar-refractivity contribution in [2.24, 2.45) is 0 Å². The zero-order valence-corrected chi connectivity index (χ0v) is 12.2. The van der Waals surface area contributed by atoms with Crippen molar-refractivity contribution in [1.82, 2.24) is 15.5 Å². The van der Waals surface area contributed by atoms with Gasteiger partial charge >= 0.3 is 0 Å². The molecule has 0 aliphatic heterocycles. The molecule has 2 aromatic heterocycles. The number of hydrogen-bond donors (Lipinski definition) is 2. The molecule has 1 unspecified atom stereocenters. The van der Waals surface area contributed by atoms with Crippen molar-refractivity contribution in [3.05, 3.63) is 65.3 Å². The molecule has 3 aromatic rings. The number of nitrogens with zero attached hydrogens (tertiary/aromatic N) is 1. The second-order valence-electron chi connectivity index (χ2n) is 5.55. The molecule has 1 amide bonds. The van der Waals surface area contributed by atoms with Crippen LogP contribution in [0.4, 0.5) is 4.39 Å². The number of aromatic nitrogens is 2. The van der Waals surface area contributed by atoms with Gasteiger partial charge in [0.15, 0.2) is 11.5 Å². The molecule has 0 saturated carbocycles. The van der Waals surface area contributed by atoms with E-state index in [0.717, 1.165) is 24.0 Å². The first kappa shape index (κ1) is 13.8. The summed E-state index contributed by atoms with van der Waals surface area (Å²) in [6, 6.07) is 9.79. The summed E-state index contributed by atoms with van der Waals surface area (Å²) >= 11 is 0. The lowest BCUT2D eigenvalue weighted by Gasteiger charge is -2.13. The number of amides is 1. The van der Waals surface area contributed by atoms with E-state index in [1.165, 1.54) is 12.1 Å². The lowest BCUT2D eigenvalue weighted by molar-refractivity contribution is 0.0931. The standard InChI is InChI=1S/C17H14FN3O2/c18-11-4-5-12-10(8-11)3-6-13(12)19-17(22)15-9-14(20-21-15)16-2-1-7-23-16/h1-2,4-5,7-9,13H,3,6H2,(H,19,22)(H,20,21). The van der Waals surface area contributed by atoms with Gasteiger partial charge in [0.25, 0.3) is 5.91 Å². The number of rotatable bonds is 3. The largest absolute Gasteiger partial charge is 0.463 e. The van der Waals surface area contributed by atoms with Gasteiger partial charge in [-0.2, -0.15) is 5.10 Å². The maximum Gasteiger partial charge on any atom is 0.272 e. The van der Waals surface area contributed by atoms with Crippen molar-refractivity contribution < 1.29 is 13.6 Å². The molecule has 23 heavy (non-hydrogen) atoms. The van der Waals surface area contributed by atoms with Crippen molar-refractivity contribution in [3.63, 3.8) is 0 Å². The van der Waals surface area contributed by atoms with Crippen LogP contribution in [-0.2, 0) is 6.42 Å². The molecule has 0 radical (unpaired) electrons. The van der Waals surface area contributed by atoms with Crippen LogP contribution in [0, 0.1) is 5.82 Å². The first-order valence-electron chi connectivity index (χ1n) is 7.39. The summed E-state index contributed by atoms with van der Waals surface area (Å²) in [5.41, 5.74) is 2.87. The van der Waals surface area contributed by atoms with Crippen LogP contribution in [0.5, 0.6) is 0 Å². The molecule has 5 nitrogen and oxygen atoms in total. The van der Waals surface area contributed by atoms with Crippen molar-refractivity contribution >= 4 is 5.91 Å². The van der Waals surface area contributed by atoms with E-state index >= 15 is 0 Å². The van der Waals surface area contributed by atoms with E-state index in [1.807, 2.05) is 0 Å². The highest BCUT2D eigenvalue weighted by Gasteiger charge is 2.25. The Morgan fingerprint density at radius 2 is 2.26 bits per heavy atom. The Labute approximate surface area is 131 Å². The third-order valence-electron chi connectivity index (χ3n) is 4.09. The minimum atomic E-state index is -0.263. The lowest BCUT2D eigenvalue weighted by Crippen LogP contribution is -2.27. The smallest absolute Gasteiger partial charge is 0.272 e. The molecule has 1 aliphatic rings. The number of carbonyl (C=O) groups is 1. The first-order valence-corrected chi connectivity index (χ1v) is 7.39. The average Bonchev–Trinajstić information content (AvgIpc) is 3.27. The second kappa shape index (κ2) is 5.39. The molecule has 0 fully saturated rings. The minimum absolute atomic E-state index is 0.109. The van der Waals surface area contributed by atoms with E-state index in [9.17, 15) is 9.18 Å². The van der Waals surface area contributed by atoms with Gasteiger partial charge in [-0.25, -0.2) is 4.39 Å². The molecule has 1 aromatic carbocycles. The minimum Gasteiger partial charge on any atom is -0.463 e. The summed E-state index contributed by atoms with van der Waals surface area (Å²) in [6.45, 7) is 0. The highest BCUT2D eigenvalue weighted by atomic mass is 19.1. The van der Waals surface area contributed by atoms with Crippen LogP contribution >= 0.6 is 0 Å². The number of halogens is 1. The van der Waals surface area contributed by atoms with Crippen LogP contribution in [0.2, 0.25) is 0 Å². The van der Waals surface area contributed by atoms with Crippen LogP contribution in [0.3, 0.4) is 0 Å². The van der Waals surface area contributed by atoms with Crippen LogP contribution in [0.15, 0.2) is 47.1 Å². The normalized spacial score (nSPS) is 16.3. The maximum atomic E-state index is 13.2. The van der Waals surface area contributed by atoms with Gasteiger partial charge < -0.3 is 9.73 Å². The summed E-state index contributed by atoms with van der Waals surface area (Å²) in [5, 5.41) is 9.77. The molecule has 1 atom stereocenters. The molecule has 0 saturated heterocycles. The summed E-state index contributed by atoms with van der Waals surface area (Å²) in [5.74, 6) is 0.116. The van der Waals surface area contributed by atoms with Gasteiger partial charge in [0, 0.05) is 6.07 Å². The predicted octanol–water partition coefficient (Wildman–Crippen LogP) is 3.23. The van der Waals surface area contributed by atoms with Gasteiger partial charge in [-0.1, -0.05) is 6.07 Å². The Morgan fingerprint density at radius 3 is 3.09 bits per heavy atom. The maximum absolute atomic E-state index is 13.2. The van der Waals surface area contributed by atoms with E-state index in [1.54, 1.807) is 30.5 Å². The predicted molar refractivity (Wildman–Crippen MR) is 81.2 cm³/mol. The van der Waals surface area contributed by atoms with Crippen LogP contribution in [0.1, 0.15) is 34.1 Å². The fraction of sp³-hybridized carbons (Fsp3) is 0.176. The van der Waals surface area contributed by atoms with Gasteiger partial charge in [0.1, 0.15) is 11.5 Å². The third-order valence-corrected chi connectivity index (χ3v) is 4.09. The number of fused-ring (bicyclic) bond motifs is 1. The molecule has 116 valence electrons. The summed E-state index contributed by atoms with van der Waals surface area (Å²) in [4.78, 5) is 12.4. The number of hydrogen-bond acceptors (Lipinski definition) is 3. The molecular formula is C17H14FN3O2. The van der Waals surface area contributed by atoms with Crippen molar-refractivity contribution in [2.75, 3.05) is 0 Å². The monoisotopic (exact) mass is 311 g/mol. The molecule has 4 rings (SSSR count). The highest BCUT2D eigenvalue weighted by molar-refractivity contribution is 5.93. The van der Waals surface area contributed by atoms with Crippen LogP contribution in [-0.4, -0.2) is 16.1 Å². The number of aryl methyl sites for hydroxylation is 1. The topological polar surface area (TPSA) is 70.9 Å². The number of H-pyrrole nitrogens is 1. The Balaban J connectivity index is 1.51. The zero-order valence-electron chi connectivity index (χ0n) is 12.2. The Kier molecular flexibility index (Phi) is 3.22. The fourth-order valence-electron chi connectivity index (χ4n) is 2.96. The molecule has 0 bridgehead atoms. The number of benzene rings is 1. The molecule has 2 heterocycles. The Bertz CT molecular complexity index is 855. The van der Waals surface area contributed by atoms with E-state index in [4.69, 9.17) is 4.42 Å². The number of aromatic amines is 1. The Morgan fingerprint density at radius 1 is 1.35 bits per heavy atom. The quantitative estimate of drug-likeness (QED) is 0.780. The van der Waals surface area contributed by atoms with Gasteiger partial charge in [-0.05, 0) is 48.2 Å². The SMILES string of the molecule is O=C(NC1CCc2cc(F)ccc21)c1cc(-c2ccco2)[nH]n1. The summed E-state index contributed by atoms with van der Waals surface area (Å²) < 4.78 is 18.5. The summed E-state index contributed by atoms with van der Waals surface area (Å²) in [6.07, 6.45) is 3.08. The number of carbonyl (C=O) groups excluding carboxylic acids is 1. The molecule has 6 heteroatoms. The molecule has 1 aliphatic carbocycles. The van der Waals surface area contributed by atoms with Crippen LogP contribution < -0.4 is 5.32 Å². The van der Waals surface area contributed by atoms with Crippen LogP contribution in [0.25, 0.3) is 11.5 Å². The molecule has 2 N–H and O–H groups in total. The van der Waals surface area contributed by atoms with E-state index in [-0.39, 0.29) is 17.8 Å². The second-order valence-corrected chi connectivity index (χ2v) is 5.55. The van der Waals surface area contributed by atoms with Gasteiger partial charge in [-0.3, -0.25) is 9.89 Å². The third kappa shape index (κ3) is 2.52. The van der Waals surface area contributed by atoms with Crippen molar-refractivity contribution in [2.45, 2.75) is 18.9 Å². The van der Waals surface area contributed by atoms with Crippen molar-refractivity contribution in [3.8, 4) is 11.5 Å². The van der Waals surface area contributed by atoms with Gasteiger partial charge in [-0.15, -0.1) is 0 Å². The molecular weight excluding hydrogens is 297 g/mol. The number of furan rings is 1. The number of nitrogens with one attached hydrogen (secondary N) is 2. The lowest BCUT2D eigenvalue weighted by atomic mass is 10.1. The fourth-order valence-corrected chi connectivity index (χ4v) is 2.96. The van der Waals surface area contributed by atoms with E-state index in [2.05, 4.69) is 15.5 Å². The zero-order chi connectivity index (χ0) is 15.8. The summed E-state index contributed by atoms with van der Waals surface area (Å²) in [7, 11) is 0. The van der Waals surface area contributed by atoms with Crippen molar-refractivity contribution in [1.29, 1.82) is 0 Å². The van der Waals surface area contributed by atoms with Gasteiger partial charge in [0.05, 0.1) is 12.3 Å². The first-order chi connectivity index (χ1) is 11.2.